The summed E-state index contributed by atoms with van der Waals surface area (Å²) in [6.45, 7) is 0.418. The van der Waals surface area contributed by atoms with E-state index < -0.39 is 11.6 Å². The summed E-state index contributed by atoms with van der Waals surface area (Å²) in [6, 6.07) is 0. The van der Waals surface area contributed by atoms with Crippen molar-refractivity contribution in [3.63, 3.8) is 0 Å². The molecule has 11 heavy (non-hydrogen) atoms. The molecule has 0 aromatic rings. The van der Waals surface area contributed by atoms with E-state index in [1.165, 1.54) is 7.11 Å². The van der Waals surface area contributed by atoms with E-state index >= 15 is 0 Å². The molecular weight excluding hydrogens is 168 g/mol. The zero-order chi connectivity index (χ0) is 8.32. The first kappa shape index (κ1) is 8.56. The van der Waals surface area contributed by atoms with Gasteiger partial charge >= 0.3 is 5.97 Å². The predicted octanol–water partition coefficient (Wildman–Crippen LogP) is 0.723. The standard InChI is InChI=1S/C7H9ClO3/c1-10-6(9)7(5-8)3-2-4-11-7/h2-3H,4-5H2,1H3. The van der Waals surface area contributed by atoms with Gasteiger partial charge in [-0.3, -0.25) is 0 Å². The Morgan fingerprint density at radius 2 is 2.64 bits per heavy atom. The Morgan fingerprint density at radius 3 is 3.00 bits per heavy atom. The van der Waals surface area contributed by atoms with Crippen LogP contribution in [0.15, 0.2) is 12.2 Å². The van der Waals surface area contributed by atoms with Crippen LogP contribution in [0.5, 0.6) is 0 Å². The van der Waals surface area contributed by atoms with Gasteiger partial charge < -0.3 is 9.47 Å². The molecule has 0 bridgehead atoms. The first-order chi connectivity index (χ1) is 5.25. The summed E-state index contributed by atoms with van der Waals surface area (Å²) in [5, 5.41) is 0. The van der Waals surface area contributed by atoms with Crippen molar-refractivity contribution in [1.82, 2.24) is 0 Å². The van der Waals surface area contributed by atoms with Crippen LogP contribution >= 0.6 is 11.6 Å². The highest BCUT2D eigenvalue weighted by Gasteiger charge is 2.39. The van der Waals surface area contributed by atoms with Gasteiger partial charge in [-0.25, -0.2) is 4.79 Å². The molecule has 0 spiro atoms. The number of methoxy groups -OCH3 is 1. The zero-order valence-electron chi connectivity index (χ0n) is 6.17. The Hall–Kier alpha value is -0.540. The number of rotatable bonds is 2. The van der Waals surface area contributed by atoms with Gasteiger partial charge in [0.15, 0.2) is 5.60 Å². The fourth-order valence-corrected chi connectivity index (χ4v) is 1.20. The summed E-state index contributed by atoms with van der Waals surface area (Å²) in [5.41, 5.74) is -1.03. The van der Waals surface area contributed by atoms with Crippen LogP contribution in [0.2, 0.25) is 0 Å². The van der Waals surface area contributed by atoms with Gasteiger partial charge in [-0.15, -0.1) is 11.6 Å². The van der Waals surface area contributed by atoms with Crippen LogP contribution < -0.4 is 0 Å². The molecular formula is C7H9ClO3. The van der Waals surface area contributed by atoms with Crippen LogP contribution in [0.3, 0.4) is 0 Å². The normalized spacial score (nSPS) is 28.9. The van der Waals surface area contributed by atoms with E-state index in [2.05, 4.69) is 4.74 Å². The predicted molar refractivity (Wildman–Crippen MR) is 40.6 cm³/mol. The van der Waals surface area contributed by atoms with Crippen molar-refractivity contribution in [1.29, 1.82) is 0 Å². The van der Waals surface area contributed by atoms with E-state index in [0.717, 1.165) is 0 Å². The number of carbonyl (C=O) groups is 1. The molecule has 4 heteroatoms. The molecule has 1 heterocycles. The number of alkyl halides is 1. The maximum absolute atomic E-state index is 11.1. The van der Waals surface area contributed by atoms with E-state index in [0.29, 0.717) is 6.61 Å². The van der Waals surface area contributed by atoms with Crippen LogP contribution in [-0.4, -0.2) is 31.2 Å². The summed E-state index contributed by atoms with van der Waals surface area (Å²) in [7, 11) is 1.31. The summed E-state index contributed by atoms with van der Waals surface area (Å²) in [6.07, 6.45) is 3.38. The summed E-state index contributed by atoms with van der Waals surface area (Å²) in [4.78, 5) is 11.1. The van der Waals surface area contributed by atoms with Crippen LogP contribution in [0.4, 0.5) is 0 Å². The quantitative estimate of drug-likeness (QED) is 0.354. The molecule has 1 unspecified atom stereocenters. The minimum absolute atomic E-state index is 0.0934. The fraction of sp³-hybridized carbons (Fsp3) is 0.571. The highest BCUT2D eigenvalue weighted by atomic mass is 35.5. The first-order valence-corrected chi connectivity index (χ1v) is 3.74. The Morgan fingerprint density at radius 1 is 1.91 bits per heavy atom. The van der Waals surface area contributed by atoms with Crippen LogP contribution in [0.25, 0.3) is 0 Å². The Bertz CT molecular complexity index is 190. The summed E-state index contributed by atoms with van der Waals surface area (Å²) < 4.78 is 9.65. The molecule has 3 nitrogen and oxygen atoms in total. The van der Waals surface area contributed by atoms with Gasteiger partial charge in [0.2, 0.25) is 0 Å². The lowest BCUT2D eigenvalue weighted by molar-refractivity contribution is -0.158. The number of hydrogen-bond acceptors (Lipinski definition) is 3. The molecule has 0 radical (unpaired) electrons. The molecule has 0 amide bonds. The Kier molecular flexibility index (Phi) is 2.52. The number of esters is 1. The van der Waals surface area contributed by atoms with Crippen molar-refractivity contribution in [3.8, 4) is 0 Å². The first-order valence-electron chi connectivity index (χ1n) is 3.21. The van der Waals surface area contributed by atoms with Gasteiger partial charge in [0.1, 0.15) is 0 Å². The lowest BCUT2D eigenvalue weighted by atomic mass is 10.1. The van der Waals surface area contributed by atoms with Crippen LogP contribution in [0.1, 0.15) is 0 Å². The van der Waals surface area contributed by atoms with Crippen LogP contribution in [-0.2, 0) is 14.3 Å². The van der Waals surface area contributed by atoms with Crippen molar-refractivity contribution < 1.29 is 14.3 Å². The second-order valence-electron chi connectivity index (χ2n) is 2.23. The molecule has 0 fully saturated rings. The largest absolute Gasteiger partial charge is 0.467 e. The third-order valence-corrected chi connectivity index (χ3v) is 1.95. The molecule has 1 aliphatic heterocycles. The maximum atomic E-state index is 11.1. The SMILES string of the molecule is COC(=O)C1(CCl)C=CCO1. The number of carbonyl (C=O) groups excluding carboxylic acids is 1. The molecule has 62 valence electrons. The molecule has 1 atom stereocenters. The monoisotopic (exact) mass is 176 g/mol. The van der Waals surface area contributed by atoms with Gasteiger partial charge in [0.25, 0.3) is 0 Å². The molecule has 0 aliphatic carbocycles. The van der Waals surface area contributed by atoms with Crippen LogP contribution in [0, 0.1) is 0 Å². The van der Waals surface area contributed by atoms with E-state index in [9.17, 15) is 4.79 Å². The highest BCUT2D eigenvalue weighted by molar-refractivity contribution is 6.20. The minimum atomic E-state index is -1.03. The Balaban J connectivity index is 2.75. The fourth-order valence-electron chi connectivity index (χ4n) is 0.921. The highest BCUT2D eigenvalue weighted by Crippen LogP contribution is 2.21. The van der Waals surface area contributed by atoms with Gasteiger partial charge in [0.05, 0.1) is 19.6 Å². The average molecular weight is 177 g/mol. The summed E-state index contributed by atoms with van der Waals surface area (Å²) in [5.74, 6) is -0.350. The van der Waals surface area contributed by atoms with Gasteiger partial charge in [0, 0.05) is 0 Å². The second-order valence-corrected chi connectivity index (χ2v) is 2.50. The molecule has 0 saturated carbocycles. The number of hydrogen-bond donors (Lipinski definition) is 0. The van der Waals surface area contributed by atoms with Gasteiger partial charge in [-0.1, -0.05) is 6.08 Å². The van der Waals surface area contributed by atoms with Crippen molar-refractivity contribution in [2.75, 3.05) is 19.6 Å². The number of halogens is 1. The lowest BCUT2D eigenvalue weighted by Gasteiger charge is -2.20. The summed E-state index contributed by atoms with van der Waals surface area (Å²) >= 11 is 5.56. The maximum Gasteiger partial charge on any atom is 0.343 e. The van der Waals surface area contributed by atoms with Crippen molar-refractivity contribution in [2.24, 2.45) is 0 Å². The van der Waals surface area contributed by atoms with Gasteiger partial charge in [-0.05, 0) is 6.08 Å². The van der Waals surface area contributed by atoms with Crippen molar-refractivity contribution in [3.05, 3.63) is 12.2 Å². The van der Waals surface area contributed by atoms with E-state index in [1.54, 1.807) is 12.2 Å². The van der Waals surface area contributed by atoms with E-state index in [4.69, 9.17) is 16.3 Å². The smallest absolute Gasteiger partial charge is 0.343 e. The zero-order valence-corrected chi connectivity index (χ0v) is 6.93. The molecule has 0 aromatic heterocycles. The average Bonchev–Trinajstić information content (AvgIpc) is 2.52. The Labute approximate surface area is 69.9 Å². The molecule has 0 aromatic carbocycles. The topological polar surface area (TPSA) is 35.5 Å². The number of ether oxygens (including phenoxy) is 2. The van der Waals surface area contributed by atoms with E-state index in [1.807, 2.05) is 0 Å². The van der Waals surface area contributed by atoms with Gasteiger partial charge in [-0.2, -0.15) is 0 Å². The van der Waals surface area contributed by atoms with E-state index in [-0.39, 0.29) is 5.88 Å². The molecule has 1 rings (SSSR count). The second kappa shape index (κ2) is 3.24. The minimum Gasteiger partial charge on any atom is -0.467 e. The van der Waals surface area contributed by atoms with Crippen molar-refractivity contribution in [2.45, 2.75) is 5.60 Å². The molecule has 0 N–H and O–H groups in total. The molecule has 0 saturated heterocycles. The lowest BCUT2D eigenvalue weighted by Crippen LogP contribution is -2.40. The van der Waals surface area contributed by atoms with Crippen molar-refractivity contribution >= 4 is 17.6 Å². The third kappa shape index (κ3) is 1.39. The third-order valence-electron chi connectivity index (χ3n) is 1.55. The molecule has 1 aliphatic rings.